The van der Waals surface area contributed by atoms with E-state index in [0.717, 1.165) is 42.0 Å². The van der Waals surface area contributed by atoms with E-state index >= 15 is 0 Å². The van der Waals surface area contributed by atoms with Gasteiger partial charge in [-0.1, -0.05) is 42.5 Å². The molecule has 0 spiro atoms. The number of benzene rings is 3. The van der Waals surface area contributed by atoms with E-state index in [4.69, 9.17) is 13.9 Å². The second-order valence-corrected chi connectivity index (χ2v) is 8.04. The van der Waals surface area contributed by atoms with E-state index in [9.17, 15) is 4.79 Å². The van der Waals surface area contributed by atoms with Crippen LogP contribution in [0.1, 0.15) is 17.5 Å². The summed E-state index contributed by atoms with van der Waals surface area (Å²) in [5.74, 6) is 1.54. The lowest BCUT2D eigenvalue weighted by molar-refractivity contribution is 0.0946. The summed E-state index contributed by atoms with van der Waals surface area (Å²) in [6.45, 7) is 2.16. The number of aryl methyl sites for hydroxylation is 1. The van der Waals surface area contributed by atoms with Crippen LogP contribution in [0.25, 0.3) is 22.1 Å². The van der Waals surface area contributed by atoms with Gasteiger partial charge in [-0.3, -0.25) is 9.69 Å². The average Bonchev–Trinajstić information content (AvgIpc) is 2.85. The Kier molecular flexibility index (Phi) is 5.65. The largest absolute Gasteiger partial charge is 0.497 e. The van der Waals surface area contributed by atoms with Crippen LogP contribution in [-0.4, -0.2) is 25.3 Å². The third-order valence-corrected chi connectivity index (χ3v) is 5.97. The molecule has 0 saturated carbocycles. The molecule has 32 heavy (non-hydrogen) atoms. The van der Waals surface area contributed by atoms with Gasteiger partial charge in [0.15, 0.2) is 0 Å². The first-order valence-corrected chi connectivity index (χ1v) is 10.8. The fraction of sp³-hybridized carbons (Fsp3) is 0.222. The number of rotatable bonds is 6. The molecule has 5 heteroatoms. The summed E-state index contributed by atoms with van der Waals surface area (Å²) in [5, 5.41) is 0.576. The predicted octanol–water partition coefficient (Wildman–Crippen LogP) is 5.25. The normalized spacial score (nSPS) is 13.5. The molecule has 5 rings (SSSR count). The second-order valence-electron chi connectivity index (χ2n) is 8.04. The van der Waals surface area contributed by atoms with Gasteiger partial charge in [0.05, 0.1) is 23.6 Å². The molecule has 0 N–H and O–H groups in total. The maximum absolute atomic E-state index is 13.2. The zero-order valence-corrected chi connectivity index (χ0v) is 18.0. The van der Waals surface area contributed by atoms with Crippen molar-refractivity contribution in [1.82, 2.24) is 4.90 Å². The molecule has 0 unspecified atom stereocenters. The zero-order valence-electron chi connectivity index (χ0n) is 18.0. The monoisotopic (exact) mass is 427 g/mol. The smallest absolute Gasteiger partial charge is 0.200 e. The minimum Gasteiger partial charge on any atom is -0.497 e. The molecule has 0 radical (unpaired) electrons. The standard InChI is InChI=1S/C27H25NO4/c1-30-21-11-9-20(10-12-21)24-17-31-27-22(26(24)29)13-14-25-23(27)16-28(18-32-25)15-5-8-19-6-3-2-4-7-19/h2-4,6-7,9-14,17H,5,8,15-16,18H2,1H3. The van der Waals surface area contributed by atoms with Crippen LogP contribution in [0.15, 0.2) is 82.2 Å². The maximum Gasteiger partial charge on any atom is 0.200 e. The van der Waals surface area contributed by atoms with Gasteiger partial charge in [0.2, 0.25) is 5.43 Å². The fourth-order valence-corrected chi connectivity index (χ4v) is 4.22. The predicted molar refractivity (Wildman–Crippen MR) is 125 cm³/mol. The molecule has 162 valence electrons. The fourth-order valence-electron chi connectivity index (χ4n) is 4.22. The molecule has 4 aromatic rings. The molecule has 3 aromatic carbocycles. The van der Waals surface area contributed by atoms with Crippen LogP contribution < -0.4 is 14.9 Å². The molecule has 0 fully saturated rings. The lowest BCUT2D eigenvalue weighted by atomic mass is 10.0. The van der Waals surface area contributed by atoms with Crippen molar-refractivity contribution in [1.29, 1.82) is 0 Å². The second kappa shape index (κ2) is 8.89. The van der Waals surface area contributed by atoms with Gasteiger partial charge in [-0.05, 0) is 48.2 Å². The van der Waals surface area contributed by atoms with E-state index in [1.54, 1.807) is 19.4 Å². The van der Waals surface area contributed by atoms with Crippen LogP contribution in [0, 0.1) is 0 Å². The quantitative estimate of drug-likeness (QED) is 0.420. The maximum atomic E-state index is 13.2. The van der Waals surface area contributed by atoms with Gasteiger partial charge in [0.25, 0.3) is 0 Å². The zero-order chi connectivity index (χ0) is 21.9. The lowest BCUT2D eigenvalue weighted by Crippen LogP contribution is -2.33. The van der Waals surface area contributed by atoms with Crippen molar-refractivity contribution >= 4 is 11.0 Å². The van der Waals surface area contributed by atoms with E-state index in [-0.39, 0.29) is 5.43 Å². The van der Waals surface area contributed by atoms with Crippen LogP contribution in [0.5, 0.6) is 11.5 Å². The van der Waals surface area contributed by atoms with Gasteiger partial charge in [-0.15, -0.1) is 0 Å². The third-order valence-electron chi connectivity index (χ3n) is 5.97. The SMILES string of the molecule is COc1ccc(-c2coc3c4c(ccc3c2=O)OCN(CCCc2ccccc2)C4)cc1. The summed E-state index contributed by atoms with van der Waals surface area (Å²) in [6, 6.07) is 21.6. The van der Waals surface area contributed by atoms with E-state index in [2.05, 4.69) is 29.2 Å². The highest BCUT2D eigenvalue weighted by Crippen LogP contribution is 2.32. The van der Waals surface area contributed by atoms with Gasteiger partial charge >= 0.3 is 0 Å². The molecule has 5 nitrogen and oxygen atoms in total. The first-order valence-electron chi connectivity index (χ1n) is 10.8. The van der Waals surface area contributed by atoms with Crippen molar-refractivity contribution in [3.8, 4) is 22.6 Å². The lowest BCUT2D eigenvalue weighted by Gasteiger charge is -2.29. The molecular weight excluding hydrogens is 402 g/mol. The minimum atomic E-state index is -0.0413. The van der Waals surface area contributed by atoms with Crippen molar-refractivity contribution in [2.75, 3.05) is 20.4 Å². The van der Waals surface area contributed by atoms with Gasteiger partial charge in [0, 0.05) is 13.1 Å². The van der Waals surface area contributed by atoms with Crippen LogP contribution in [-0.2, 0) is 13.0 Å². The first kappa shape index (κ1) is 20.3. The Morgan fingerprint density at radius 2 is 1.81 bits per heavy atom. The third kappa shape index (κ3) is 3.99. The summed E-state index contributed by atoms with van der Waals surface area (Å²) in [4.78, 5) is 15.5. The topological polar surface area (TPSA) is 51.9 Å². The average molecular weight is 428 g/mol. The Morgan fingerprint density at radius 3 is 2.59 bits per heavy atom. The highest BCUT2D eigenvalue weighted by atomic mass is 16.5. The molecule has 1 aliphatic rings. The minimum absolute atomic E-state index is 0.0413. The number of methoxy groups -OCH3 is 1. The Morgan fingerprint density at radius 1 is 1.00 bits per heavy atom. The van der Waals surface area contributed by atoms with E-state index in [0.29, 0.717) is 29.8 Å². The van der Waals surface area contributed by atoms with E-state index < -0.39 is 0 Å². The summed E-state index contributed by atoms with van der Waals surface area (Å²) in [6.07, 6.45) is 3.63. The Balaban J connectivity index is 1.38. The summed E-state index contributed by atoms with van der Waals surface area (Å²) in [7, 11) is 1.62. The molecule has 0 saturated heterocycles. The number of hydrogen-bond donors (Lipinski definition) is 0. The van der Waals surface area contributed by atoms with Crippen LogP contribution >= 0.6 is 0 Å². The number of nitrogens with zero attached hydrogens (tertiary/aromatic N) is 1. The summed E-state index contributed by atoms with van der Waals surface area (Å²) < 4.78 is 17.2. The van der Waals surface area contributed by atoms with Crippen molar-refractivity contribution in [2.45, 2.75) is 19.4 Å². The molecule has 1 aliphatic heterocycles. The Labute approximate surface area is 186 Å². The molecule has 1 aromatic heterocycles. The van der Waals surface area contributed by atoms with Crippen molar-refractivity contribution in [3.63, 3.8) is 0 Å². The van der Waals surface area contributed by atoms with Gasteiger partial charge in [0.1, 0.15) is 30.1 Å². The number of ether oxygens (including phenoxy) is 2. The number of hydrogen-bond acceptors (Lipinski definition) is 5. The molecular formula is C27H25NO4. The number of fused-ring (bicyclic) bond motifs is 3. The highest BCUT2D eigenvalue weighted by molar-refractivity contribution is 5.85. The van der Waals surface area contributed by atoms with Gasteiger partial charge in [-0.25, -0.2) is 0 Å². The molecule has 2 heterocycles. The molecule has 0 aliphatic carbocycles. The summed E-state index contributed by atoms with van der Waals surface area (Å²) >= 11 is 0. The highest BCUT2D eigenvalue weighted by Gasteiger charge is 2.22. The van der Waals surface area contributed by atoms with Crippen LogP contribution in [0.2, 0.25) is 0 Å². The van der Waals surface area contributed by atoms with Gasteiger partial charge < -0.3 is 13.9 Å². The van der Waals surface area contributed by atoms with E-state index in [1.807, 2.05) is 36.4 Å². The van der Waals surface area contributed by atoms with Crippen molar-refractivity contribution < 1.29 is 13.9 Å². The van der Waals surface area contributed by atoms with Crippen molar-refractivity contribution in [2.24, 2.45) is 0 Å². The molecule has 0 bridgehead atoms. The van der Waals surface area contributed by atoms with E-state index in [1.165, 1.54) is 5.56 Å². The van der Waals surface area contributed by atoms with Crippen LogP contribution in [0.3, 0.4) is 0 Å². The van der Waals surface area contributed by atoms with Gasteiger partial charge in [-0.2, -0.15) is 0 Å². The van der Waals surface area contributed by atoms with Crippen molar-refractivity contribution in [3.05, 3.63) is 94.3 Å². The molecule has 0 atom stereocenters. The Hall–Kier alpha value is -3.57. The Bertz CT molecular complexity index is 1280. The first-order chi connectivity index (χ1) is 15.7. The molecule has 0 amide bonds. The van der Waals surface area contributed by atoms with Crippen LogP contribution in [0.4, 0.5) is 0 Å². The summed E-state index contributed by atoms with van der Waals surface area (Å²) in [5.41, 5.74) is 4.19.